The number of para-hydroxylation sites is 1. The van der Waals surface area contributed by atoms with E-state index >= 15 is 0 Å². The van der Waals surface area contributed by atoms with Crippen LogP contribution in [0.25, 0.3) is 0 Å². The van der Waals surface area contributed by atoms with Crippen LogP contribution in [-0.4, -0.2) is 50.2 Å². The Morgan fingerprint density at radius 2 is 1.86 bits per heavy atom. The average Bonchev–Trinajstić information content (AvgIpc) is 2.92. The van der Waals surface area contributed by atoms with Crippen LogP contribution in [0.4, 0.5) is 17.1 Å². The molecule has 0 unspecified atom stereocenters. The second kappa shape index (κ2) is 10.3. The number of amides is 1. The van der Waals surface area contributed by atoms with Gasteiger partial charge in [0.05, 0.1) is 24.0 Å². The van der Waals surface area contributed by atoms with Gasteiger partial charge in [-0.1, -0.05) is 30.3 Å². The number of non-ortho nitro benzene ring substituents is 1. The predicted molar refractivity (Wildman–Crippen MR) is 140 cm³/mol. The standard InChI is InChI=1S/C28H30N4O4/c1-36-24-10-7-20(8-11-24)13-14-29-28(33)25-18-21-17-23(32(34)35)9-12-26(21)31-16-15-30(19-27(25)31)22-5-3-2-4-6-22/h2-12,17,25,27H,13-16,18-19H2,1H3,(H,29,33)/t25-,27-/m1/s1. The van der Waals surface area contributed by atoms with E-state index in [0.29, 0.717) is 13.0 Å². The molecule has 1 saturated heterocycles. The van der Waals surface area contributed by atoms with Gasteiger partial charge < -0.3 is 19.9 Å². The van der Waals surface area contributed by atoms with Crippen LogP contribution in [0.3, 0.4) is 0 Å². The second-order valence-electron chi connectivity index (χ2n) is 9.31. The molecule has 0 bridgehead atoms. The molecule has 36 heavy (non-hydrogen) atoms. The number of carbonyl (C=O) groups excluding carboxylic acids is 1. The van der Waals surface area contributed by atoms with E-state index in [4.69, 9.17) is 4.74 Å². The molecule has 0 saturated carbocycles. The Kier molecular flexibility index (Phi) is 6.75. The molecule has 1 amide bonds. The molecule has 5 rings (SSSR count). The third-order valence-electron chi connectivity index (χ3n) is 7.24. The number of rotatable bonds is 7. The molecule has 2 heterocycles. The number of ether oxygens (including phenoxy) is 1. The first-order valence-corrected chi connectivity index (χ1v) is 12.3. The summed E-state index contributed by atoms with van der Waals surface area (Å²) in [4.78, 5) is 29.1. The van der Waals surface area contributed by atoms with Crippen LogP contribution in [0.1, 0.15) is 11.1 Å². The van der Waals surface area contributed by atoms with Crippen molar-refractivity contribution in [1.29, 1.82) is 0 Å². The largest absolute Gasteiger partial charge is 0.497 e. The monoisotopic (exact) mass is 486 g/mol. The third kappa shape index (κ3) is 4.84. The number of nitrogens with one attached hydrogen (secondary N) is 1. The fourth-order valence-corrected chi connectivity index (χ4v) is 5.35. The number of hydrogen-bond acceptors (Lipinski definition) is 6. The molecule has 2 atom stereocenters. The lowest BCUT2D eigenvalue weighted by Crippen LogP contribution is -2.61. The Hall–Kier alpha value is -4.07. The van der Waals surface area contributed by atoms with Gasteiger partial charge in [-0.2, -0.15) is 0 Å². The first-order valence-electron chi connectivity index (χ1n) is 12.3. The number of nitro benzene ring substituents is 1. The van der Waals surface area contributed by atoms with Gasteiger partial charge in [-0.3, -0.25) is 14.9 Å². The number of hydrogen-bond donors (Lipinski definition) is 1. The summed E-state index contributed by atoms with van der Waals surface area (Å²) in [7, 11) is 1.64. The zero-order valence-electron chi connectivity index (χ0n) is 20.3. The van der Waals surface area contributed by atoms with E-state index < -0.39 is 0 Å². The van der Waals surface area contributed by atoms with Crippen LogP contribution < -0.4 is 19.9 Å². The van der Waals surface area contributed by atoms with Gasteiger partial charge in [-0.05, 0) is 54.3 Å². The fraction of sp³-hybridized carbons (Fsp3) is 0.321. The van der Waals surface area contributed by atoms with E-state index in [9.17, 15) is 14.9 Å². The highest BCUT2D eigenvalue weighted by atomic mass is 16.6. The third-order valence-corrected chi connectivity index (χ3v) is 7.24. The lowest BCUT2D eigenvalue weighted by molar-refractivity contribution is -0.384. The molecule has 0 aliphatic carbocycles. The Labute approximate surface area is 210 Å². The second-order valence-corrected chi connectivity index (χ2v) is 9.31. The molecule has 1 N–H and O–H groups in total. The summed E-state index contributed by atoms with van der Waals surface area (Å²) in [5.41, 5.74) is 4.19. The molecule has 0 aromatic heterocycles. The van der Waals surface area contributed by atoms with Gasteiger partial charge in [0, 0.05) is 49.7 Å². The van der Waals surface area contributed by atoms with Crippen LogP contribution in [0.2, 0.25) is 0 Å². The summed E-state index contributed by atoms with van der Waals surface area (Å²) in [5, 5.41) is 14.5. The normalized spacial score (nSPS) is 18.7. The molecule has 0 radical (unpaired) electrons. The van der Waals surface area contributed by atoms with E-state index in [-0.39, 0.29) is 28.5 Å². The SMILES string of the molecule is COc1ccc(CCNC(=O)[C@@H]2Cc3cc([N+](=O)[O-])ccc3N3CCN(c4ccccc4)C[C@H]23)cc1. The van der Waals surface area contributed by atoms with Crippen molar-refractivity contribution in [1.82, 2.24) is 5.32 Å². The van der Waals surface area contributed by atoms with Crippen molar-refractivity contribution in [3.05, 3.63) is 94.0 Å². The molecule has 8 heteroatoms. The quantitative estimate of drug-likeness (QED) is 0.403. The van der Waals surface area contributed by atoms with E-state index in [1.807, 2.05) is 48.5 Å². The zero-order chi connectivity index (χ0) is 25.1. The Morgan fingerprint density at radius 3 is 2.58 bits per heavy atom. The van der Waals surface area contributed by atoms with Crippen LogP contribution in [0, 0.1) is 16.0 Å². The topological polar surface area (TPSA) is 87.9 Å². The molecular weight excluding hydrogens is 456 g/mol. The highest BCUT2D eigenvalue weighted by Gasteiger charge is 2.42. The molecule has 0 spiro atoms. The van der Waals surface area contributed by atoms with Gasteiger partial charge in [-0.15, -0.1) is 0 Å². The molecular formula is C28H30N4O4. The summed E-state index contributed by atoms with van der Waals surface area (Å²) >= 11 is 0. The maximum absolute atomic E-state index is 13.5. The minimum atomic E-state index is -0.371. The Balaban J connectivity index is 1.35. The first kappa shape index (κ1) is 23.7. The van der Waals surface area contributed by atoms with Gasteiger partial charge in [0.1, 0.15) is 5.75 Å². The molecule has 186 valence electrons. The molecule has 2 aliphatic rings. The van der Waals surface area contributed by atoms with E-state index in [1.54, 1.807) is 19.2 Å². The Morgan fingerprint density at radius 1 is 1.08 bits per heavy atom. The molecule has 2 aliphatic heterocycles. The van der Waals surface area contributed by atoms with Crippen molar-refractivity contribution in [2.45, 2.75) is 18.9 Å². The lowest BCUT2D eigenvalue weighted by atomic mass is 9.83. The summed E-state index contributed by atoms with van der Waals surface area (Å²) in [6.45, 7) is 2.82. The summed E-state index contributed by atoms with van der Waals surface area (Å²) < 4.78 is 5.21. The molecule has 8 nitrogen and oxygen atoms in total. The first-order chi connectivity index (χ1) is 17.5. The van der Waals surface area contributed by atoms with Crippen LogP contribution in [-0.2, 0) is 17.6 Å². The Bertz CT molecular complexity index is 1230. The van der Waals surface area contributed by atoms with Crippen molar-refractivity contribution in [3.63, 3.8) is 0 Å². The molecule has 3 aromatic rings. The summed E-state index contributed by atoms with van der Waals surface area (Å²) in [6, 6.07) is 23.1. The van der Waals surface area contributed by atoms with E-state index in [2.05, 4.69) is 27.2 Å². The number of fused-ring (bicyclic) bond motifs is 3. The van der Waals surface area contributed by atoms with E-state index in [0.717, 1.165) is 54.3 Å². The predicted octanol–water partition coefficient (Wildman–Crippen LogP) is 3.83. The van der Waals surface area contributed by atoms with Crippen LogP contribution in [0.15, 0.2) is 72.8 Å². The minimum absolute atomic E-state index is 0.00872. The fourth-order valence-electron chi connectivity index (χ4n) is 5.35. The van der Waals surface area contributed by atoms with Gasteiger partial charge in [0.15, 0.2) is 0 Å². The highest BCUT2D eigenvalue weighted by Crippen LogP contribution is 2.38. The number of carbonyl (C=O) groups is 1. The van der Waals surface area contributed by atoms with Gasteiger partial charge in [0.2, 0.25) is 5.91 Å². The number of nitro groups is 1. The van der Waals surface area contributed by atoms with Crippen molar-refractivity contribution in [2.75, 3.05) is 43.1 Å². The number of methoxy groups -OCH3 is 1. The van der Waals surface area contributed by atoms with Crippen molar-refractivity contribution in [2.24, 2.45) is 5.92 Å². The summed E-state index contributed by atoms with van der Waals surface area (Å²) in [6.07, 6.45) is 1.20. The van der Waals surface area contributed by atoms with Gasteiger partial charge in [0.25, 0.3) is 5.69 Å². The zero-order valence-corrected chi connectivity index (χ0v) is 20.3. The smallest absolute Gasteiger partial charge is 0.269 e. The van der Waals surface area contributed by atoms with Crippen molar-refractivity contribution in [3.8, 4) is 5.75 Å². The maximum Gasteiger partial charge on any atom is 0.269 e. The number of nitrogens with zero attached hydrogens (tertiary/aromatic N) is 3. The average molecular weight is 487 g/mol. The van der Waals surface area contributed by atoms with Crippen molar-refractivity contribution < 1.29 is 14.5 Å². The van der Waals surface area contributed by atoms with Crippen LogP contribution >= 0.6 is 0 Å². The van der Waals surface area contributed by atoms with Crippen LogP contribution in [0.5, 0.6) is 5.75 Å². The van der Waals surface area contributed by atoms with Crippen molar-refractivity contribution >= 4 is 23.0 Å². The number of anilines is 2. The molecule has 1 fully saturated rings. The van der Waals surface area contributed by atoms with Gasteiger partial charge >= 0.3 is 0 Å². The van der Waals surface area contributed by atoms with Gasteiger partial charge in [-0.25, -0.2) is 0 Å². The maximum atomic E-state index is 13.5. The summed E-state index contributed by atoms with van der Waals surface area (Å²) in [5.74, 6) is 0.491. The number of piperazine rings is 1. The highest BCUT2D eigenvalue weighted by molar-refractivity contribution is 5.82. The number of benzene rings is 3. The van der Waals surface area contributed by atoms with E-state index in [1.165, 1.54) is 0 Å². The minimum Gasteiger partial charge on any atom is -0.497 e. The lowest BCUT2D eigenvalue weighted by Gasteiger charge is -2.49. The molecule has 3 aromatic carbocycles.